The molecule has 1 aliphatic rings. The molecule has 7 nitrogen and oxygen atoms in total. The van der Waals surface area contributed by atoms with Crippen LogP contribution in [0.15, 0.2) is 35.5 Å². The molecule has 0 atom stereocenters. The number of fused-ring (bicyclic) bond motifs is 1. The summed E-state index contributed by atoms with van der Waals surface area (Å²) in [7, 11) is 1.60. The smallest absolute Gasteiger partial charge is 0.406 e. The lowest BCUT2D eigenvalue weighted by Gasteiger charge is -2.17. The van der Waals surface area contributed by atoms with Crippen molar-refractivity contribution in [3.8, 4) is 5.75 Å². The van der Waals surface area contributed by atoms with Crippen LogP contribution in [0.1, 0.15) is 23.2 Å². The van der Waals surface area contributed by atoms with Crippen LogP contribution >= 0.6 is 0 Å². The van der Waals surface area contributed by atoms with Crippen LogP contribution in [0.4, 0.5) is 13.2 Å². The molecule has 0 aliphatic carbocycles. The zero-order valence-corrected chi connectivity index (χ0v) is 14.9. The number of aliphatic imine (C=N–C) groups is 1. The molecule has 2 heterocycles. The van der Waals surface area contributed by atoms with E-state index in [1.807, 2.05) is 0 Å². The van der Waals surface area contributed by atoms with E-state index in [0.29, 0.717) is 24.3 Å². The quantitative estimate of drug-likeness (QED) is 0.864. The molecular weight excluding hydrogens is 377 g/mol. The van der Waals surface area contributed by atoms with Gasteiger partial charge in [-0.25, -0.2) is 0 Å². The highest BCUT2D eigenvalue weighted by Crippen LogP contribution is 2.27. The maximum atomic E-state index is 12.5. The van der Waals surface area contributed by atoms with Crippen LogP contribution in [-0.4, -0.2) is 54.0 Å². The Labute approximate surface area is 158 Å². The number of ether oxygens (including phenoxy) is 1. The molecule has 3 rings (SSSR count). The third kappa shape index (κ3) is 4.38. The van der Waals surface area contributed by atoms with Crippen LogP contribution < -0.4 is 10.1 Å². The lowest BCUT2D eigenvalue weighted by molar-refractivity contribution is -0.274. The summed E-state index contributed by atoms with van der Waals surface area (Å²) in [5, 5.41) is 2.69. The molecule has 0 spiro atoms. The molecule has 148 valence electrons. The number of nitrogens with zero attached hydrogens (tertiary/aromatic N) is 3. The Hall–Kier alpha value is -3.17. The van der Waals surface area contributed by atoms with Gasteiger partial charge < -0.3 is 10.1 Å². The van der Waals surface area contributed by atoms with Gasteiger partial charge in [0, 0.05) is 31.6 Å². The van der Waals surface area contributed by atoms with Gasteiger partial charge in [-0.3, -0.25) is 24.5 Å². The SMILES string of the molecule is C/N=C1/CCCN1C(=O)CNC(=O)c1ccnc2ccc(OC(F)(F)F)cc12. The first kappa shape index (κ1) is 19.6. The third-order valence-electron chi connectivity index (χ3n) is 4.24. The van der Waals surface area contributed by atoms with Crippen molar-refractivity contribution in [2.24, 2.45) is 4.99 Å². The molecule has 1 aromatic heterocycles. The number of hydrogen-bond donors (Lipinski definition) is 1. The average molecular weight is 394 g/mol. The van der Waals surface area contributed by atoms with E-state index in [4.69, 9.17) is 0 Å². The number of amidine groups is 1. The second-order valence-corrected chi connectivity index (χ2v) is 6.06. The second-order valence-electron chi connectivity index (χ2n) is 6.06. The largest absolute Gasteiger partial charge is 0.573 e. The fraction of sp³-hybridized carbons (Fsp3) is 0.333. The first-order valence-electron chi connectivity index (χ1n) is 8.47. The van der Waals surface area contributed by atoms with Gasteiger partial charge in [-0.2, -0.15) is 0 Å². The number of rotatable bonds is 4. The lowest BCUT2D eigenvalue weighted by atomic mass is 10.1. The molecule has 2 aromatic rings. The van der Waals surface area contributed by atoms with Crippen molar-refractivity contribution in [3.05, 3.63) is 36.0 Å². The van der Waals surface area contributed by atoms with E-state index in [9.17, 15) is 22.8 Å². The summed E-state index contributed by atoms with van der Waals surface area (Å²) in [4.78, 5) is 34.4. The normalized spacial score (nSPS) is 15.9. The lowest BCUT2D eigenvalue weighted by Crippen LogP contribution is -2.40. The molecule has 1 aliphatic heterocycles. The highest BCUT2D eigenvalue weighted by atomic mass is 19.4. The minimum Gasteiger partial charge on any atom is -0.406 e. The summed E-state index contributed by atoms with van der Waals surface area (Å²) in [6.07, 6.45) is -1.97. The van der Waals surface area contributed by atoms with Crippen molar-refractivity contribution in [1.82, 2.24) is 15.2 Å². The number of nitrogens with one attached hydrogen (secondary N) is 1. The molecule has 1 N–H and O–H groups in total. The Kier molecular flexibility index (Phi) is 5.48. The summed E-state index contributed by atoms with van der Waals surface area (Å²) in [5.74, 6) is -0.688. The maximum absolute atomic E-state index is 12.5. The zero-order chi connectivity index (χ0) is 20.3. The molecule has 0 bridgehead atoms. The monoisotopic (exact) mass is 394 g/mol. The van der Waals surface area contributed by atoms with Gasteiger partial charge in [-0.05, 0) is 30.7 Å². The maximum Gasteiger partial charge on any atom is 0.573 e. The van der Waals surface area contributed by atoms with E-state index < -0.39 is 18.0 Å². The highest BCUT2D eigenvalue weighted by molar-refractivity contribution is 6.08. The van der Waals surface area contributed by atoms with E-state index in [1.165, 1.54) is 23.2 Å². The first-order valence-corrected chi connectivity index (χ1v) is 8.47. The second kappa shape index (κ2) is 7.83. The van der Waals surface area contributed by atoms with Crippen LogP contribution in [0, 0.1) is 0 Å². The fourth-order valence-corrected chi connectivity index (χ4v) is 3.03. The van der Waals surface area contributed by atoms with Crippen LogP contribution in [0.5, 0.6) is 5.75 Å². The van der Waals surface area contributed by atoms with Crippen molar-refractivity contribution < 1.29 is 27.5 Å². The van der Waals surface area contributed by atoms with E-state index in [-0.39, 0.29) is 23.4 Å². The van der Waals surface area contributed by atoms with Crippen molar-refractivity contribution in [3.63, 3.8) is 0 Å². The molecule has 1 fully saturated rings. The number of carbonyl (C=O) groups is 2. The first-order chi connectivity index (χ1) is 13.3. The Morgan fingerprint density at radius 3 is 2.82 bits per heavy atom. The molecule has 0 radical (unpaired) electrons. The standard InChI is InChI=1S/C18H17F3N4O3/c1-22-15-3-2-8-25(15)16(26)10-24-17(27)12-6-7-23-14-5-4-11(9-13(12)14)28-18(19,20)21/h4-7,9H,2-3,8,10H2,1H3,(H,24,27)/b22-15-. The molecule has 0 unspecified atom stereocenters. The minimum atomic E-state index is -4.85. The van der Waals surface area contributed by atoms with E-state index >= 15 is 0 Å². The number of amides is 2. The number of aromatic nitrogens is 1. The zero-order valence-electron chi connectivity index (χ0n) is 14.9. The van der Waals surface area contributed by atoms with Gasteiger partial charge >= 0.3 is 6.36 Å². The topological polar surface area (TPSA) is 83.9 Å². The molecule has 1 aromatic carbocycles. The van der Waals surface area contributed by atoms with Gasteiger partial charge in [0.25, 0.3) is 5.91 Å². The predicted molar refractivity (Wildman–Crippen MR) is 95.1 cm³/mol. The Balaban J connectivity index is 1.77. The Morgan fingerprint density at radius 2 is 2.11 bits per heavy atom. The predicted octanol–water partition coefficient (Wildman–Crippen LogP) is 2.51. The van der Waals surface area contributed by atoms with Gasteiger partial charge in [-0.1, -0.05) is 0 Å². The van der Waals surface area contributed by atoms with Gasteiger partial charge in [0.2, 0.25) is 5.91 Å². The fourth-order valence-electron chi connectivity index (χ4n) is 3.03. The number of hydrogen-bond acceptors (Lipinski definition) is 5. The molecule has 28 heavy (non-hydrogen) atoms. The van der Waals surface area contributed by atoms with Gasteiger partial charge in [0.1, 0.15) is 11.6 Å². The van der Waals surface area contributed by atoms with E-state index in [1.54, 1.807) is 7.05 Å². The van der Waals surface area contributed by atoms with Crippen LogP contribution in [0.3, 0.4) is 0 Å². The summed E-state index contributed by atoms with van der Waals surface area (Å²) in [6.45, 7) is 0.290. The Morgan fingerprint density at radius 1 is 1.32 bits per heavy atom. The van der Waals surface area contributed by atoms with Gasteiger partial charge in [-0.15, -0.1) is 13.2 Å². The number of carbonyl (C=O) groups excluding carboxylic acids is 2. The Bertz CT molecular complexity index is 943. The number of halogens is 3. The van der Waals surface area contributed by atoms with Crippen LogP contribution in [0.2, 0.25) is 0 Å². The van der Waals surface area contributed by atoms with Gasteiger partial charge in [0.05, 0.1) is 17.6 Å². The highest BCUT2D eigenvalue weighted by Gasteiger charge is 2.31. The number of alkyl halides is 3. The van der Waals surface area contributed by atoms with Crippen molar-refractivity contribution in [1.29, 1.82) is 0 Å². The summed E-state index contributed by atoms with van der Waals surface area (Å²) in [6, 6.07) is 4.91. The molecule has 0 saturated carbocycles. The molecular formula is C18H17F3N4O3. The van der Waals surface area contributed by atoms with E-state index in [0.717, 1.165) is 18.6 Å². The number of benzene rings is 1. The minimum absolute atomic E-state index is 0.0937. The van der Waals surface area contributed by atoms with Crippen molar-refractivity contribution >= 4 is 28.6 Å². The average Bonchev–Trinajstić information content (AvgIpc) is 3.13. The van der Waals surface area contributed by atoms with Crippen molar-refractivity contribution in [2.75, 3.05) is 20.1 Å². The van der Waals surface area contributed by atoms with E-state index in [2.05, 4.69) is 20.0 Å². The summed E-state index contributed by atoms with van der Waals surface area (Å²) in [5.41, 5.74) is 0.421. The molecule has 1 saturated heterocycles. The molecule has 10 heteroatoms. The van der Waals surface area contributed by atoms with Crippen LogP contribution in [-0.2, 0) is 4.79 Å². The van der Waals surface area contributed by atoms with Crippen molar-refractivity contribution in [2.45, 2.75) is 19.2 Å². The summed E-state index contributed by atoms with van der Waals surface area (Å²) >= 11 is 0. The van der Waals surface area contributed by atoms with Crippen LogP contribution in [0.25, 0.3) is 10.9 Å². The number of likely N-dealkylation sites (tertiary alicyclic amines) is 1. The summed E-state index contributed by atoms with van der Waals surface area (Å²) < 4.78 is 41.3. The number of pyridine rings is 1. The third-order valence-corrected chi connectivity index (χ3v) is 4.24. The van der Waals surface area contributed by atoms with Gasteiger partial charge in [0.15, 0.2) is 0 Å². The molecule has 2 amide bonds.